The minimum Gasteiger partial charge on any atom is -0.489 e. The first kappa shape index (κ1) is 25.1. The summed E-state index contributed by atoms with van der Waals surface area (Å²) in [6.07, 6.45) is -0.0264. The Labute approximate surface area is 211 Å². The van der Waals surface area contributed by atoms with Crippen LogP contribution in [0.3, 0.4) is 0 Å². The minimum absolute atomic E-state index is 0.0856. The van der Waals surface area contributed by atoms with Crippen LogP contribution >= 0.6 is 0 Å². The molecule has 6 nitrogen and oxygen atoms in total. The van der Waals surface area contributed by atoms with Crippen LogP contribution in [0.25, 0.3) is 0 Å². The summed E-state index contributed by atoms with van der Waals surface area (Å²) in [5.41, 5.74) is 4.07. The van der Waals surface area contributed by atoms with Crippen LogP contribution in [-0.2, 0) is 19.6 Å². The van der Waals surface area contributed by atoms with Crippen LogP contribution in [0, 0.1) is 10.1 Å². The fourth-order valence-electron chi connectivity index (χ4n) is 4.11. The molecule has 0 aliphatic rings. The minimum atomic E-state index is -0.738. The molecule has 4 aromatic carbocycles. The number of aliphatic hydroxyl groups is 1. The number of nitro benzene ring substituents is 1. The van der Waals surface area contributed by atoms with Gasteiger partial charge in [0.05, 0.1) is 11.0 Å². The monoisotopic (exact) mass is 482 g/mol. The summed E-state index contributed by atoms with van der Waals surface area (Å²) < 4.78 is 6.07. The fraction of sp³-hybridized carbons (Fsp3) is 0.200. The van der Waals surface area contributed by atoms with E-state index in [0.29, 0.717) is 38.4 Å². The molecule has 0 bridgehead atoms. The molecular formula is C30H30N2O4. The predicted octanol–water partition coefficient (Wildman–Crippen LogP) is 5.95. The van der Waals surface area contributed by atoms with Crippen molar-refractivity contribution in [3.05, 3.63) is 142 Å². The van der Waals surface area contributed by atoms with Crippen molar-refractivity contribution in [3.8, 4) is 5.75 Å². The normalized spacial score (nSPS) is 11.8. The summed E-state index contributed by atoms with van der Waals surface area (Å²) in [5.74, 6) is 0.670. The molecule has 0 heterocycles. The lowest BCUT2D eigenvalue weighted by Crippen LogP contribution is -2.30. The van der Waals surface area contributed by atoms with E-state index in [1.54, 1.807) is 12.1 Å². The summed E-state index contributed by atoms with van der Waals surface area (Å²) >= 11 is 0. The molecule has 0 spiro atoms. The Morgan fingerprint density at radius 2 is 1.39 bits per heavy atom. The van der Waals surface area contributed by atoms with E-state index >= 15 is 0 Å². The highest BCUT2D eigenvalue weighted by Gasteiger charge is 2.18. The fourth-order valence-corrected chi connectivity index (χ4v) is 4.11. The predicted molar refractivity (Wildman–Crippen MR) is 141 cm³/mol. The molecule has 0 amide bonds. The van der Waals surface area contributed by atoms with E-state index in [9.17, 15) is 15.2 Å². The Kier molecular flexibility index (Phi) is 8.81. The molecule has 0 aliphatic carbocycles. The topological polar surface area (TPSA) is 75.8 Å². The lowest BCUT2D eigenvalue weighted by atomic mass is 10.1. The van der Waals surface area contributed by atoms with Crippen molar-refractivity contribution in [1.29, 1.82) is 0 Å². The van der Waals surface area contributed by atoms with Crippen molar-refractivity contribution in [2.24, 2.45) is 0 Å². The van der Waals surface area contributed by atoms with Crippen LogP contribution in [0.1, 0.15) is 28.4 Å². The lowest BCUT2D eigenvalue weighted by molar-refractivity contribution is -0.384. The van der Waals surface area contributed by atoms with Gasteiger partial charge in [0.15, 0.2) is 0 Å². The van der Waals surface area contributed by atoms with Gasteiger partial charge in [-0.15, -0.1) is 0 Å². The van der Waals surface area contributed by atoms with Gasteiger partial charge >= 0.3 is 0 Å². The van der Waals surface area contributed by atoms with Crippen molar-refractivity contribution in [2.45, 2.75) is 25.7 Å². The van der Waals surface area contributed by atoms with Crippen molar-refractivity contribution >= 4 is 5.69 Å². The van der Waals surface area contributed by atoms with E-state index in [-0.39, 0.29) is 10.6 Å². The van der Waals surface area contributed by atoms with Crippen molar-refractivity contribution < 1.29 is 14.8 Å². The van der Waals surface area contributed by atoms with E-state index in [1.165, 1.54) is 12.1 Å². The van der Waals surface area contributed by atoms with Gasteiger partial charge in [-0.1, -0.05) is 91.0 Å². The molecule has 0 saturated carbocycles. The van der Waals surface area contributed by atoms with Gasteiger partial charge in [0.2, 0.25) is 0 Å². The summed E-state index contributed by atoms with van der Waals surface area (Å²) in [7, 11) is 0. The third-order valence-electron chi connectivity index (χ3n) is 6.06. The third-order valence-corrected chi connectivity index (χ3v) is 6.06. The highest BCUT2D eigenvalue weighted by molar-refractivity contribution is 5.36. The highest BCUT2D eigenvalue weighted by Crippen LogP contribution is 2.27. The van der Waals surface area contributed by atoms with Crippen molar-refractivity contribution in [2.75, 3.05) is 13.1 Å². The first-order valence-corrected chi connectivity index (χ1v) is 12.0. The van der Waals surface area contributed by atoms with Crippen LogP contribution in [0.15, 0.2) is 109 Å². The van der Waals surface area contributed by atoms with Gasteiger partial charge in [-0.25, -0.2) is 0 Å². The average molecular weight is 483 g/mol. The van der Waals surface area contributed by atoms with Gasteiger partial charge in [-0.3, -0.25) is 15.0 Å². The molecular weight excluding hydrogens is 452 g/mol. The second-order valence-corrected chi connectivity index (χ2v) is 8.72. The van der Waals surface area contributed by atoms with Gasteiger partial charge < -0.3 is 9.84 Å². The van der Waals surface area contributed by atoms with Gasteiger partial charge in [-0.2, -0.15) is 0 Å². The molecule has 0 fully saturated rings. The Bertz CT molecular complexity index is 1230. The van der Waals surface area contributed by atoms with Gasteiger partial charge in [-0.05, 0) is 29.2 Å². The molecule has 0 aliphatic heterocycles. The molecule has 4 rings (SSSR count). The van der Waals surface area contributed by atoms with E-state index in [4.69, 9.17) is 4.74 Å². The zero-order chi connectivity index (χ0) is 25.2. The number of aliphatic hydroxyl groups excluding tert-OH is 1. The van der Waals surface area contributed by atoms with Crippen LogP contribution in [0.4, 0.5) is 5.69 Å². The molecule has 1 unspecified atom stereocenters. The maximum Gasteiger partial charge on any atom is 0.269 e. The van der Waals surface area contributed by atoms with E-state index in [2.05, 4.69) is 17.0 Å². The number of benzene rings is 4. The number of rotatable bonds is 12. The maximum absolute atomic E-state index is 11.2. The number of para-hydroxylation sites is 1. The first-order chi connectivity index (χ1) is 17.6. The Morgan fingerprint density at radius 3 is 2.06 bits per heavy atom. The average Bonchev–Trinajstić information content (AvgIpc) is 2.92. The molecule has 0 saturated heterocycles. The number of hydrogen-bond acceptors (Lipinski definition) is 5. The summed E-state index contributed by atoms with van der Waals surface area (Å²) in [5, 5.41) is 22.2. The molecule has 0 aromatic heterocycles. The Hall–Kier alpha value is -4.00. The van der Waals surface area contributed by atoms with Gasteiger partial charge in [0.25, 0.3) is 5.69 Å². The standard InChI is InChI=1S/C30H30N2O4/c33-29(28-13-7-8-14-30(28)36-23-26-11-5-2-6-12-26)22-31(21-25-9-3-1-4-10-25)20-19-24-15-17-27(18-16-24)32(34)35/h1-18,29,33H,19-23H2. The van der Waals surface area contributed by atoms with Crippen LogP contribution in [0.2, 0.25) is 0 Å². The molecule has 6 heteroatoms. The number of hydrogen-bond donors (Lipinski definition) is 1. The number of ether oxygens (including phenoxy) is 1. The van der Waals surface area contributed by atoms with Crippen molar-refractivity contribution in [3.63, 3.8) is 0 Å². The van der Waals surface area contributed by atoms with Crippen LogP contribution in [0.5, 0.6) is 5.75 Å². The molecule has 1 atom stereocenters. The second kappa shape index (κ2) is 12.6. The van der Waals surface area contributed by atoms with Crippen LogP contribution < -0.4 is 4.74 Å². The first-order valence-electron chi connectivity index (χ1n) is 12.0. The number of nitro groups is 1. The molecule has 36 heavy (non-hydrogen) atoms. The SMILES string of the molecule is O=[N+]([O-])c1ccc(CCN(Cc2ccccc2)CC(O)c2ccccc2OCc2ccccc2)cc1. The highest BCUT2D eigenvalue weighted by atomic mass is 16.6. The third kappa shape index (κ3) is 7.25. The Morgan fingerprint density at radius 1 is 0.778 bits per heavy atom. The summed E-state index contributed by atoms with van der Waals surface area (Å²) in [6.45, 7) is 2.22. The van der Waals surface area contributed by atoms with Gasteiger partial charge in [0.1, 0.15) is 12.4 Å². The number of non-ortho nitro benzene ring substituents is 1. The van der Waals surface area contributed by atoms with Gasteiger partial charge in [0, 0.05) is 37.3 Å². The smallest absolute Gasteiger partial charge is 0.269 e. The van der Waals surface area contributed by atoms with E-state index < -0.39 is 6.10 Å². The number of nitrogens with zero attached hydrogens (tertiary/aromatic N) is 2. The van der Waals surface area contributed by atoms with Crippen molar-refractivity contribution in [1.82, 2.24) is 4.90 Å². The Balaban J connectivity index is 1.45. The lowest BCUT2D eigenvalue weighted by Gasteiger charge is -2.26. The molecule has 4 aromatic rings. The largest absolute Gasteiger partial charge is 0.489 e. The van der Waals surface area contributed by atoms with E-state index in [1.807, 2.05) is 72.8 Å². The van der Waals surface area contributed by atoms with Crippen LogP contribution in [-0.4, -0.2) is 28.0 Å². The van der Waals surface area contributed by atoms with E-state index in [0.717, 1.165) is 22.3 Å². The quantitative estimate of drug-likeness (QED) is 0.199. The second-order valence-electron chi connectivity index (χ2n) is 8.72. The molecule has 0 radical (unpaired) electrons. The zero-order valence-corrected chi connectivity index (χ0v) is 20.1. The summed E-state index contributed by atoms with van der Waals surface area (Å²) in [6, 6.07) is 34.4. The molecule has 1 N–H and O–H groups in total. The summed E-state index contributed by atoms with van der Waals surface area (Å²) in [4.78, 5) is 12.8. The molecule has 184 valence electrons. The maximum atomic E-state index is 11.2. The zero-order valence-electron chi connectivity index (χ0n) is 20.1.